The number of allylic oxidation sites excluding steroid dienone is 5. The van der Waals surface area contributed by atoms with Crippen molar-refractivity contribution in [2.24, 2.45) is 0 Å². The van der Waals surface area contributed by atoms with Gasteiger partial charge in [0.05, 0.1) is 0 Å². The molecule has 1 heteroatoms. The molecule has 0 aliphatic heterocycles. The SMILES string of the molecule is C=CC/C=C\C1=C(/C)c2ccccc2-c2ccc(N(c3ccccc3)c3ccc4c(c3)-c3ccccc3-c3ccccc3-c3ccccc3-4)cc2-c2ccccc21. The minimum atomic E-state index is 0.816. The summed E-state index contributed by atoms with van der Waals surface area (Å²) in [5.41, 5.74) is 23.1. The molecule has 0 spiro atoms. The quantitative estimate of drug-likeness (QED) is 0.154. The predicted octanol–water partition coefficient (Wildman–Crippen LogP) is 15.8. The number of rotatable bonds is 6. The second-order valence-corrected chi connectivity index (χ2v) is 14.8. The van der Waals surface area contributed by atoms with Gasteiger partial charge in [0.25, 0.3) is 0 Å². The highest BCUT2D eigenvalue weighted by Crippen LogP contribution is 2.51. The molecule has 0 N–H and O–H groups in total. The Kier molecular flexibility index (Phi) is 8.69. The third-order valence-electron chi connectivity index (χ3n) is 11.6. The topological polar surface area (TPSA) is 3.24 Å². The molecule has 0 heterocycles. The van der Waals surface area contributed by atoms with Gasteiger partial charge in [-0.3, -0.25) is 0 Å². The number of anilines is 3. The number of benzene rings is 8. The number of hydrogen-bond donors (Lipinski definition) is 0. The number of para-hydroxylation sites is 1. The van der Waals surface area contributed by atoms with E-state index in [1.54, 1.807) is 0 Å². The maximum absolute atomic E-state index is 3.97. The first-order valence-electron chi connectivity index (χ1n) is 19.8. The van der Waals surface area contributed by atoms with E-state index >= 15 is 0 Å². The molecule has 0 amide bonds. The maximum Gasteiger partial charge on any atom is 0.0468 e. The van der Waals surface area contributed by atoms with Crippen molar-refractivity contribution in [2.45, 2.75) is 13.3 Å². The lowest BCUT2D eigenvalue weighted by atomic mass is 9.80. The largest absolute Gasteiger partial charge is 0.310 e. The van der Waals surface area contributed by atoms with Crippen LogP contribution in [0.4, 0.5) is 17.1 Å². The van der Waals surface area contributed by atoms with Gasteiger partial charge in [0.1, 0.15) is 0 Å². The fraction of sp³-hybridized carbons (Fsp3) is 0.0357. The molecule has 0 atom stereocenters. The Morgan fingerprint density at radius 2 is 0.719 bits per heavy atom. The first-order valence-corrected chi connectivity index (χ1v) is 19.8. The predicted molar refractivity (Wildman–Crippen MR) is 244 cm³/mol. The fourth-order valence-corrected chi connectivity index (χ4v) is 8.98. The van der Waals surface area contributed by atoms with E-state index in [9.17, 15) is 0 Å². The van der Waals surface area contributed by atoms with Gasteiger partial charge in [-0.15, -0.1) is 6.58 Å². The van der Waals surface area contributed by atoms with E-state index in [1.165, 1.54) is 89.0 Å². The van der Waals surface area contributed by atoms with Gasteiger partial charge < -0.3 is 4.90 Å². The van der Waals surface area contributed by atoms with Crippen LogP contribution in [0.2, 0.25) is 0 Å². The van der Waals surface area contributed by atoms with Crippen LogP contribution in [-0.2, 0) is 0 Å². The Labute approximate surface area is 335 Å². The second-order valence-electron chi connectivity index (χ2n) is 14.8. The van der Waals surface area contributed by atoms with Crippen LogP contribution in [-0.4, -0.2) is 0 Å². The molecule has 57 heavy (non-hydrogen) atoms. The lowest BCUT2D eigenvalue weighted by molar-refractivity contribution is 1.28. The van der Waals surface area contributed by atoms with Gasteiger partial charge in [-0.1, -0.05) is 170 Å². The van der Waals surface area contributed by atoms with Gasteiger partial charge in [-0.05, 0) is 139 Å². The van der Waals surface area contributed by atoms with Crippen LogP contribution in [0, 0.1) is 0 Å². The van der Waals surface area contributed by atoms with E-state index < -0.39 is 0 Å². The van der Waals surface area contributed by atoms with Crippen molar-refractivity contribution in [3.63, 3.8) is 0 Å². The van der Waals surface area contributed by atoms with Crippen LogP contribution < -0.4 is 4.90 Å². The van der Waals surface area contributed by atoms with Crippen molar-refractivity contribution >= 4 is 28.2 Å². The number of fused-ring (bicyclic) bond motifs is 13. The van der Waals surface area contributed by atoms with Crippen molar-refractivity contribution in [3.05, 3.63) is 224 Å². The highest BCUT2D eigenvalue weighted by Gasteiger charge is 2.25. The van der Waals surface area contributed by atoms with Crippen molar-refractivity contribution in [1.29, 1.82) is 0 Å². The fourth-order valence-electron chi connectivity index (χ4n) is 8.98. The van der Waals surface area contributed by atoms with Crippen molar-refractivity contribution < 1.29 is 0 Å². The zero-order valence-corrected chi connectivity index (χ0v) is 32.0. The van der Waals surface area contributed by atoms with Crippen LogP contribution >= 0.6 is 0 Å². The summed E-state index contributed by atoms with van der Waals surface area (Å²) >= 11 is 0. The molecule has 0 aromatic heterocycles. The molecule has 0 saturated heterocycles. The number of nitrogens with zero attached hydrogens (tertiary/aromatic N) is 1. The van der Waals surface area contributed by atoms with Crippen LogP contribution in [0.25, 0.3) is 77.9 Å². The zero-order valence-electron chi connectivity index (χ0n) is 32.0. The minimum Gasteiger partial charge on any atom is -0.310 e. The van der Waals surface area contributed by atoms with Gasteiger partial charge in [-0.2, -0.15) is 0 Å². The summed E-state index contributed by atoms with van der Waals surface area (Å²) in [7, 11) is 0. The molecule has 0 saturated carbocycles. The van der Waals surface area contributed by atoms with Crippen molar-refractivity contribution in [3.8, 4) is 66.8 Å². The van der Waals surface area contributed by atoms with E-state index in [1.807, 2.05) is 6.08 Å². The lowest BCUT2D eigenvalue weighted by Gasteiger charge is -2.30. The molecule has 8 aromatic rings. The molecule has 0 fully saturated rings. The van der Waals surface area contributed by atoms with Crippen LogP contribution in [0.5, 0.6) is 0 Å². The minimum absolute atomic E-state index is 0.816. The van der Waals surface area contributed by atoms with Gasteiger partial charge in [0.15, 0.2) is 0 Å². The molecule has 10 rings (SSSR count). The highest BCUT2D eigenvalue weighted by molar-refractivity contribution is 6.07. The molecular weight excluding hydrogens is 687 g/mol. The van der Waals surface area contributed by atoms with E-state index in [-0.39, 0.29) is 0 Å². The zero-order chi connectivity index (χ0) is 38.3. The average molecular weight is 728 g/mol. The van der Waals surface area contributed by atoms with Crippen LogP contribution in [0.1, 0.15) is 24.5 Å². The van der Waals surface area contributed by atoms with E-state index in [0.29, 0.717) is 0 Å². The Morgan fingerprint density at radius 1 is 0.368 bits per heavy atom. The van der Waals surface area contributed by atoms with Crippen LogP contribution in [0.3, 0.4) is 0 Å². The van der Waals surface area contributed by atoms with E-state index in [0.717, 1.165) is 23.5 Å². The molecule has 2 aliphatic carbocycles. The maximum atomic E-state index is 3.97. The average Bonchev–Trinajstić information content (AvgIpc) is 3.27. The molecule has 0 unspecified atom stereocenters. The normalized spacial score (nSPS) is 13.6. The summed E-state index contributed by atoms with van der Waals surface area (Å²) in [6, 6.07) is 69.2. The Balaban J connectivity index is 1.22. The van der Waals surface area contributed by atoms with Gasteiger partial charge >= 0.3 is 0 Å². The van der Waals surface area contributed by atoms with Crippen molar-refractivity contribution in [2.75, 3.05) is 4.90 Å². The Morgan fingerprint density at radius 3 is 1.18 bits per heavy atom. The van der Waals surface area contributed by atoms with Crippen molar-refractivity contribution in [1.82, 2.24) is 0 Å². The molecule has 0 bridgehead atoms. The highest BCUT2D eigenvalue weighted by atomic mass is 15.1. The van der Waals surface area contributed by atoms with Gasteiger partial charge in [0.2, 0.25) is 0 Å². The third-order valence-corrected chi connectivity index (χ3v) is 11.6. The second kappa shape index (κ2) is 14.5. The standard InChI is InChI=1S/C56H41N/c1-3-4-6-21-42-38(2)43-22-9-10-24-45(43)53-34-32-40(36-55(53)51-30-17-11-23-44(42)51)57(39-19-7-5-8-20-39)41-33-35-54-50-29-15-14-27-48(50)46-25-12-13-26-47(46)49-28-16-18-31-52(49)56(54)37-41/h3,5-37H,1,4H2,2H3/b21-6-,42-38-,43-38?,44-42?,48-46?,49-47?,53-45?,54-50?,55-51?,56-52?. The Bertz CT molecular complexity index is 2900. The number of hydrogen-bond acceptors (Lipinski definition) is 1. The summed E-state index contributed by atoms with van der Waals surface area (Å²) in [6.07, 6.45) is 7.27. The first-order chi connectivity index (χ1) is 28.2. The molecule has 2 aliphatic rings. The lowest BCUT2D eigenvalue weighted by Crippen LogP contribution is -2.11. The molecule has 1 nitrogen and oxygen atoms in total. The Hall–Kier alpha value is -7.22. The van der Waals surface area contributed by atoms with Gasteiger partial charge in [-0.25, -0.2) is 0 Å². The first kappa shape index (κ1) is 34.3. The summed E-state index contributed by atoms with van der Waals surface area (Å²) in [5.74, 6) is 0. The van der Waals surface area contributed by atoms with Crippen LogP contribution in [0.15, 0.2) is 213 Å². The smallest absolute Gasteiger partial charge is 0.0468 e. The van der Waals surface area contributed by atoms with Gasteiger partial charge in [0, 0.05) is 17.1 Å². The van der Waals surface area contributed by atoms with E-state index in [2.05, 4.69) is 219 Å². The summed E-state index contributed by atoms with van der Waals surface area (Å²) in [5, 5.41) is 0. The molecule has 270 valence electrons. The summed E-state index contributed by atoms with van der Waals surface area (Å²) in [6.45, 7) is 6.23. The monoisotopic (exact) mass is 727 g/mol. The summed E-state index contributed by atoms with van der Waals surface area (Å²) in [4.78, 5) is 2.42. The third kappa shape index (κ3) is 5.88. The summed E-state index contributed by atoms with van der Waals surface area (Å²) < 4.78 is 0. The van der Waals surface area contributed by atoms with E-state index in [4.69, 9.17) is 0 Å². The molecule has 8 aromatic carbocycles. The molecule has 0 radical (unpaired) electrons. The molecular formula is C56H41N.